The van der Waals surface area contributed by atoms with Gasteiger partial charge in [-0.25, -0.2) is 0 Å². The van der Waals surface area contributed by atoms with Gasteiger partial charge in [-0.3, -0.25) is 9.59 Å². The van der Waals surface area contributed by atoms with Gasteiger partial charge in [0.05, 0.1) is 17.8 Å². The minimum atomic E-state index is -0.273. The van der Waals surface area contributed by atoms with Crippen LogP contribution in [0.3, 0.4) is 0 Å². The second kappa shape index (κ2) is 7.61. The minimum absolute atomic E-state index is 0.150. The molecule has 1 fully saturated rings. The van der Waals surface area contributed by atoms with Crippen LogP contribution in [0.1, 0.15) is 41.6 Å². The van der Waals surface area contributed by atoms with Crippen molar-refractivity contribution in [2.45, 2.75) is 38.6 Å². The second-order valence-electron chi connectivity index (χ2n) is 5.63. The number of hydrogen-bond acceptors (Lipinski definition) is 3. The maximum absolute atomic E-state index is 12.1. The van der Waals surface area contributed by atoms with E-state index in [0.717, 1.165) is 18.4 Å². The number of hydrogen-bond donors (Lipinski definition) is 3. The summed E-state index contributed by atoms with van der Waals surface area (Å²) >= 11 is 6.00. The fourth-order valence-electron chi connectivity index (χ4n) is 2.77. The highest BCUT2D eigenvalue weighted by molar-refractivity contribution is 6.31. The van der Waals surface area contributed by atoms with Crippen LogP contribution in [0.15, 0.2) is 12.1 Å². The predicted octanol–water partition coefficient (Wildman–Crippen LogP) is 2.48. The van der Waals surface area contributed by atoms with Gasteiger partial charge in [-0.1, -0.05) is 24.4 Å². The van der Waals surface area contributed by atoms with Gasteiger partial charge < -0.3 is 16.0 Å². The summed E-state index contributed by atoms with van der Waals surface area (Å²) in [7, 11) is 1.55. The maximum atomic E-state index is 12.1. The molecule has 0 radical (unpaired) electrons. The van der Waals surface area contributed by atoms with Crippen LogP contribution in [0.2, 0.25) is 5.02 Å². The van der Waals surface area contributed by atoms with E-state index in [1.54, 1.807) is 19.2 Å². The molecule has 0 atom stereocenters. The van der Waals surface area contributed by atoms with E-state index in [9.17, 15) is 9.59 Å². The van der Waals surface area contributed by atoms with Gasteiger partial charge in [-0.2, -0.15) is 0 Å². The summed E-state index contributed by atoms with van der Waals surface area (Å²) in [5.74, 6) is -0.424. The lowest BCUT2D eigenvalue weighted by molar-refractivity contribution is -0.115. The third kappa shape index (κ3) is 4.21. The van der Waals surface area contributed by atoms with Crippen molar-refractivity contribution in [3.63, 3.8) is 0 Å². The Bertz CT molecular complexity index is 569. The lowest BCUT2D eigenvalue weighted by Crippen LogP contribution is -2.35. The van der Waals surface area contributed by atoms with Crippen molar-refractivity contribution in [1.29, 1.82) is 0 Å². The Labute approximate surface area is 135 Å². The molecule has 1 aliphatic rings. The number of anilines is 1. The summed E-state index contributed by atoms with van der Waals surface area (Å²) < 4.78 is 0. The summed E-state index contributed by atoms with van der Waals surface area (Å²) in [6.45, 7) is 2.07. The SMILES string of the molecule is CNC(=O)c1cc(Cl)cc(C)c1NC(=O)CNC1CCCC1. The summed E-state index contributed by atoms with van der Waals surface area (Å²) in [5, 5.41) is 9.11. The molecule has 0 bridgehead atoms. The average Bonchev–Trinajstić information content (AvgIpc) is 3.00. The Morgan fingerprint density at radius 2 is 1.95 bits per heavy atom. The smallest absolute Gasteiger partial charge is 0.253 e. The monoisotopic (exact) mass is 323 g/mol. The zero-order chi connectivity index (χ0) is 16.1. The molecule has 0 unspecified atom stereocenters. The first-order valence-electron chi connectivity index (χ1n) is 7.56. The maximum Gasteiger partial charge on any atom is 0.253 e. The van der Waals surface area contributed by atoms with Crippen LogP contribution in [0.25, 0.3) is 0 Å². The molecule has 0 spiro atoms. The van der Waals surface area contributed by atoms with Crippen LogP contribution < -0.4 is 16.0 Å². The number of carbonyl (C=O) groups is 2. The Morgan fingerprint density at radius 3 is 2.59 bits per heavy atom. The summed E-state index contributed by atoms with van der Waals surface area (Å²) in [5.41, 5.74) is 1.66. The van der Waals surface area contributed by atoms with Gasteiger partial charge >= 0.3 is 0 Å². The molecule has 1 saturated carbocycles. The van der Waals surface area contributed by atoms with Gasteiger partial charge in [-0.05, 0) is 37.5 Å². The van der Waals surface area contributed by atoms with Crippen LogP contribution in [-0.4, -0.2) is 31.4 Å². The number of carbonyl (C=O) groups excluding carboxylic acids is 2. The summed E-state index contributed by atoms with van der Waals surface area (Å²) in [6, 6.07) is 3.72. The van der Waals surface area contributed by atoms with Crippen molar-refractivity contribution >= 4 is 29.1 Å². The first-order chi connectivity index (χ1) is 10.5. The van der Waals surface area contributed by atoms with Crippen molar-refractivity contribution in [2.75, 3.05) is 18.9 Å². The van der Waals surface area contributed by atoms with Crippen molar-refractivity contribution in [2.24, 2.45) is 0 Å². The van der Waals surface area contributed by atoms with Crippen LogP contribution in [0.4, 0.5) is 5.69 Å². The van der Waals surface area contributed by atoms with E-state index in [2.05, 4.69) is 16.0 Å². The van der Waals surface area contributed by atoms with Crippen LogP contribution >= 0.6 is 11.6 Å². The van der Waals surface area contributed by atoms with Crippen LogP contribution in [0, 0.1) is 6.92 Å². The quantitative estimate of drug-likeness (QED) is 0.779. The highest BCUT2D eigenvalue weighted by Gasteiger charge is 2.18. The molecule has 0 heterocycles. The van der Waals surface area contributed by atoms with Crippen LogP contribution in [0.5, 0.6) is 0 Å². The van der Waals surface area contributed by atoms with Crippen molar-refractivity contribution in [3.05, 3.63) is 28.3 Å². The normalized spacial score (nSPS) is 14.9. The fourth-order valence-corrected chi connectivity index (χ4v) is 3.05. The first kappa shape index (κ1) is 16.8. The zero-order valence-corrected chi connectivity index (χ0v) is 13.7. The second-order valence-corrected chi connectivity index (χ2v) is 6.07. The number of halogens is 1. The lowest BCUT2D eigenvalue weighted by Gasteiger charge is -2.15. The molecular weight excluding hydrogens is 302 g/mol. The van der Waals surface area contributed by atoms with Crippen molar-refractivity contribution in [3.8, 4) is 0 Å². The number of benzene rings is 1. The lowest BCUT2D eigenvalue weighted by atomic mass is 10.1. The van der Waals surface area contributed by atoms with E-state index in [1.807, 2.05) is 6.92 Å². The minimum Gasteiger partial charge on any atom is -0.355 e. The number of nitrogens with one attached hydrogen (secondary N) is 3. The van der Waals surface area contributed by atoms with E-state index < -0.39 is 0 Å². The number of amides is 2. The van der Waals surface area contributed by atoms with E-state index in [-0.39, 0.29) is 18.4 Å². The molecule has 0 saturated heterocycles. The van der Waals surface area contributed by atoms with Gasteiger partial charge in [0.25, 0.3) is 5.91 Å². The highest BCUT2D eigenvalue weighted by Crippen LogP contribution is 2.25. The largest absolute Gasteiger partial charge is 0.355 e. The molecule has 3 N–H and O–H groups in total. The van der Waals surface area contributed by atoms with E-state index >= 15 is 0 Å². The Morgan fingerprint density at radius 1 is 1.27 bits per heavy atom. The zero-order valence-electron chi connectivity index (χ0n) is 13.0. The third-order valence-corrected chi connectivity index (χ3v) is 4.16. The first-order valence-corrected chi connectivity index (χ1v) is 7.94. The molecule has 1 aliphatic carbocycles. The Hall–Kier alpha value is -1.59. The topological polar surface area (TPSA) is 70.2 Å². The fraction of sp³-hybridized carbons (Fsp3) is 0.500. The van der Waals surface area contributed by atoms with Gasteiger partial charge in [-0.15, -0.1) is 0 Å². The standard InChI is InChI=1S/C16H22ClN3O2/c1-10-7-11(17)8-13(16(22)18-2)15(10)20-14(21)9-19-12-5-3-4-6-12/h7-8,12,19H,3-6,9H2,1-2H3,(H,18,22)(H,20,21). The molecule has 120 valence electrons. The predicted molar refractivity (Wildman–Crippen MR) is 88.5 cm³/mol. The number of rotatable bonds is 5. The average molecular weight is 324 g/mol. The van der Waals surface area contributed by atoms with Crippen molar-refractivity contribution < 1.29 is 9.59 Å². The molecule has 1 aromatic rings. The molecule has 1 aromatic carbocycles. The van der Waals surface area contributed by atoms with Gasteiger partial charge in [0, 0.05) is 18.1 Å². The molecule has 5 nitrogen and oxygen atoms in total. The van der Waals surface area contributed by atoms with E-state index in [1.165, 1.54) is 12.8 Å². The Kier molecular flexibility index (Phi) is 5.80. The van der Waals surface area contributed by atoms with Gasteiger partial charge in [0.15, 0.2) is 0 Å². The van der Waals surface area contributed by atoms with Crippen LogP contribution in [-0.2, 0) is 4.79 Å². The third-order valence-electron chi connectivity index (χ3n) is 3.94. The number of aryl methyl sites for hydroxylation is 1. The molecule has 6 heteroatoms. The van der Waals surface area contributed by atoms with Gasteiger partial charge in [0.2, 0.25) is 5.91 Å². The molecule has 0 aliphatic heterocycles. The molecule has 2 amide bonds. The molecule has 0 aromatic heterocycles. The van der Waals surface area contributed by atoms with E-state index in [4.69, 9.17) is 11.6 Å². The molecule has 2 rings (SSSR count). The van der Waals surface area contributed by atoms with E-state index in [0.29, 0.717) is 22.3 Å². The van der Waals surface area contributed by atoms with Crippen molar-refractivity contribution in [1.82, 2.24) is 10.6 Å². The summed E-state index contributed by atoms with van der Waals surface area (Å²) in [4.78, 5) is 24.1. The highest BCUT2D eigenvalue weighted by atomic mass is 35.5. The Balaban J connectivity index is 2.07. The molecule has 22 heavy (non-hydrogen) atoms. The summed E-state index contributed by atoms with van der Waals surface area (Å²) in [6.07, 6.45) is 4.68. The van der Waals surface area contributed by atoms with Gasteiger partial charge in [0.1, 0.15) is 0 Å². The molecular formula is C16H22ClN3O2.